The molecule has 0 aliphatic heterocycles. The lowest BCUT2D eigenvalue weighted by Crippen LogP contribution is -2.03. The summed E-state index contributed by atoms with van der Waals surface area (Å²) in [4.78, 5) is 11.0. The number of rotatable bonds is 7. The molecular formula is C21H16ClF2NO3. The Morgan fingerprint density at radius 1 is 0.964 bits per heavy atom. The van der Waals surface area contributed by atoms with E-state index in [-0.39, 0.29) is 18.0 Å². The zero-order chi connectivity index (χ0) is 20.1. The minimum absolute atomic E-state index is 0.134. The van der Waals surface area contributed by atoms with E-state index >= 15 is 0 Å². The lowest BCUT2D eigenvalue weighted by molar-refractivity contribution is 0.0696. The van der Waals surface area contributed by atoms with Crippen LogP contribution in [0, 0.1) is 11.6 Å². The molecular weight excluding hydrogens is 388 g/mol. The van der Waals surface area contributed by atoms with Gasteiger partial charge < -0.3 is 15.2 Å². The topological polar surface area (TPSA) is 58.6 Å². The quantitative estimate of drug-likeness (QED) is 0.546. The van der Waals surface area contributed by atoms with E-state index in [9.17, 15) is 13.6 Å². The molecule has 0 bridgehead atoms. The van der Waals surface area contributed by atoms with Gasteiger partial charge in [0.2, 0.25) is 0 Å². The molecule has 4 nitrogen and oxygen atoms in total. The fourth-order valence-electron chi connectivity index (χ4n) is 2.53. The third-order valence-electron chi connectivity index (χ3n) is 3.95. The van der Waals surface area contributed by atoms with Crippen LogP contribution in [0.5, 0.6) is 5.75 Å². The van der Waals surface area contributed by atoms with Gasteiger partial charge in [0, 0.05) is 12.2 Å². The third kappa shape index (κ3) is 5.20. The average molecular weight is 404 g/mol. The molecule has 0 saturated heterocycles. The number of carboxylic acid groups (broad SMARTS) is 1. The van der Waals surface area contributed by atoms with Crippen molar-refractivity contribution in [3.8, 4) is 5.75 Å². The van der Waals surface area contributed by atoms with Crippen molar-refractivity contribution in [1.82, 2.24) is 0 Å². The summed E-state index contributed by atoms with van der Waals surface area (Å²) in [6.07, 6.45) is 0. The molecule has 0 unspecified atom stereocenters. The number of benzene rings is 3. The molecule has 3 aromatic rings. The van der Waals surface area contributed by atoms with Crippen LogP contribution in [0.15, 0.2) is 60.7 Å². The van der Waals surface area contributed by atoms with E-state index < -0.39 is 11.8 Å². The Hall–Kier alpha value is -3.12. The maximum absolute atomic E-state index is 13.5. The monoisotopic (exact) mass is 403 g/mol. The highest BCUT2D eigenvalue weighted by molar-refractivity contribution is 6.32. The molecule has 0 saturated carbocycles. The molecule has 0 radical (unpaired) electrons. The van der Waals surface area contributed by atoms with E-state index in [0.717, 1.165) is 17.2 Å². The Balaban J connectivity index is 1.62. The SMILES string of the molecule is O=C(O)c1cc(F)cc(NCc2ccc(OCc3ccc(F)cc3)c(Cl)c2)c1. The molecule has 0 aliphatic rings. The summed E-state index contributed by atoms with van der Waals surface area (Å²) in [5.41, 5.74) is 1.83. The largest absolute Gasteiger partial charge is 0.487 e. The van der Waals surface area contributed by atoms with Crippen molar-refractivity contribution >= 4 is 23.3 Å². The second kappa shape index (κ2) is 8.71. The van der Waals surface area contributed by atoms with Gasteiger partial charge in [0.25, 0.3) is 0 Å². The van der Waals surface area contributed by atoms with Crippen LogP contribution in [-0.2, 0) is 13.2 Å². The van der Waals surface area contributed by atoms with Gasteiger partial charge in [-0.2, -0.15) is 0 Å². The summed E-state index contributed by atoms with van der Waals surface area (Å²) < 4.78 is 32.1. The van der Waals surface area contributed by atoms with E-state index in [1.807, 2.05) is 0 Å². The van der Waals surface area contributed by atoms with Crippen molar-refractivity contribution in [1.29, 1.82) is 0 Å². The standard InChI is InChI=1S/C21H16ClF2NO3/c22-19-7-14(11-25-18-9-15(21(26)27)8-17(24)10-18)3-6-20(19)28-12-13-1-4-16(23)5-2-13/h1-10,25H,11-12H2,(H,26,27). The number of carbonyl (C=O) groups is 1. The van der Waals surface area contributed by atoms with Gasteiger partial charge in [0.15, 0.2) is 0 Å². The normalized spacial score (nSPS) is 10.5. The second-order valence-corrected chi connectivity index (χ2v) is 6.47. The lowest BCUT2D eigenvalue weighted by atomic mass is 10.1. The molecule has 0 aromatic heterocycles. The minimum Gasteiger partial charge on any atom is -0.487 e. The maximum Gasteiger partial charge on any atom is 0.335 e. The maximum atomic E-state index is 13.5. The van der Waals surface area contributed by atoms with E-state index in [1.54, 1.807) is 30.3 Å². The first kappa shape index (κ1) is 19.6. The van der Waals surface area contributed by atoms with E-state index in [2.05, 4.69) is 5.32 Å². The third-order valence-corrected chi connectivity index (χ3v) is 4.24. The molecule has 7 heteroatoms. The summed E-state index contributed by atoms with van der Waals surface area (Å²) in [7, 11) is 0. The van der Waals surface area contributed by atoms with Crippen molar-refractivity contribution < 1.29 is 23.4 Å². The lowest BCUT2D eigenvalue weighted by Gasteiger charge is -2.11. The first-order chi connectivity index (χ1) is 13.4. The van der Waals surface area contributed by atoms with Crippen LogP contribution in [0.1, 0.15) is 21.5 Å². The second-order valence-electron chi connectivity index (χ2n) is 6.07. The summed E-state index contributed by atoms with van der Waals surface area (Å²) >= 11 is 6.24. The van der Waals surface area contributed by atoms with Crippen molar-refractivity contribution in [2.75, 3.05) is 5.32 Å². The molecule has 0 heterocycles. The highest BCUT2D eigenvalue weighted by Crippen LogP contribution is 2.27. The summed E-state index contributed by atoms with van der Waals surface area (Å²) in [6, 6.07) is 14.7. The van der Waals surface area contributed by atoms with Crippen LogP contribution in [-0.4, -0.2) is 11.1 Å². The smallest absolute Gasteiger partial charge is 0.335 e. The predicted molar refractivity (Wildman–Crippen MR) is 103 cm³/mol. The van der Waals surface area contributed by atoms with Gasteiger partial charge in [-0.05, 0) is 53.6 Å². The minimum atomic E-state index is -1.20. The number of hydrogen-bond acceptors (Lipinski definition) is 3. The Morgan fingerprint density at radius 3 is 2.36 bits per heavy atom. The first-order valence-corrected chi connectivity index (χ1v) is 8.72. The van der Waals surface area contributed by atoms with Gasteiger partial charge in [-0.3, -0.25) is 0 Å². The van der Waals surface area contributed by atoms with Crippen LogP contribution >= 0.6 is 11.6 Å². The first-order valence-electron chi connectivity index (χ1n) is 8.34. The Bertz CT molecular complexity index is 993. The molecule has 0 aliphatic carbocycles. The van der Waals surface area contributed by atoms with E-state index in [0.29, 0.717) is 23.0 Å². The molecule has 144 valence electrons. The number of halogens is 3. The molecule has 0 fully saturated rings. The van der Waals surface area contributed by atoms with Crippen LogP contribution in [0.25, 0.3) is 0 Å². The highest BCUT2D eigenvalue weighted by atomic mass is 35.5. The van der Waals surface area contributed by atoms with Gasteiger partial charge in [-0.15, -0.1) is 0 Å². The fourth-order valence-corrected chi connectivity index (χ4v) is 2.79. The van der Waals surface area contributed by atoms with Crippen LogP contribution in [0.3, 0.4) is 0 Å². The van der Waals surface area contributed by atoms with Crippen LogP contribution in [0.4, 0.5) is 14.5 Å². The van der Waals surface area contributed by atoms with E-state index in [4.69, 9.17) is 21.4 Å². The van der Waals surface area contributed by atoms with Gasteiger partial charge in [-0.25, -0.2) is 13.6 Å². The number of aromatic carboxylic acids is 1. The average Bonchev–Trinajstić information content (AvgIpc) is 2.66. The van der Waals surface area contributed by atoms with Gasteiger partial charge in [0.1, 0.15) is 24.0 Å². The molecule has 0 atom stereocenters. The Labute approximate surface area is 165 Å². The highest BCUT2D eigenvalue weighted by Gasteiger charge is 2.08. The number of hydrogen-bond donors (Lipinski definition) is 2. The molecule has 3 aromatic carbocycles. The molecule has 2 N–H and O–H groups in total. The molecule has 3 rings (SSSR count). The molecule has 0 amide bonds. The predicted octanol–water partition coefficient (Wildman–Crippen LogP) is 5.51. The zero-order valence-electron chi connectivity index (χ0n) is 14.6. The van der Waals surface area contributed by atoms with Gasteiger partial charge >= 0.3 is 5.97 Å². The molecule has 28 heavy (non-hydrogen) atoms. The van der Waals surface area contributed by atoms with Gasteiger partial charge in [-0.1, -0.05) is 29.8 Å². The van der Waals surface area contributed by atoms with Crippen molar-refractivity contribution in [3.05, 3.63) is 94.0 Å². The number of ether oxygens (including phenoxy) is 1. The van der Waals surface area contributed by atoms with Crippen molar-refractivity contribution in [3.63, 3.8) is 0 Å². The fraction of sp³-hybridized carbons (Fsp3) is 0.0952. The number of nitrogens with one attached hydrogen (secondary N) is 1. The van der Waals surface area contributed by atoms with Crippen LogP contribution < -0.4 is 10.1 Å². The van der Waals surface area contributed by atoms with Crippen molar-refractivity contribution in [2.24, 2.45) is 0 Å². The number of anilines is 1. The van der Waals surface area contributed by atoms with E-state index in [1.165, 1.54) is 24.3 Å². The van der Waals surface area contributed by atoms with Crippen LogP contribution in [0.2, 0.25) is 5.02 Å². The Morgan fingerprint density at radius 2 is 1.68 bits per heavy atom. The summed E-state index contributed by atoms with van der Waals surface area (Å²) in [5.74, 6) is -1.67. The molecule has 0 spiro atoms. The Kier molecular flexibility index (Phi) is 6.11. The number of carboxylic acids is 1. The van der Waals surface area contributed by atoms with Gasteiger partial charge in [0.05, 0.1) is 10.6 Å². The zero-order valence-corrected chi connectivity index (χ0v) is 15.3. The van der Waals surface area contributed by atoms with Crippen molar-refractivity contribution in [2.45, 2.75) is 13.2 Å². The summed E-state index contributed by atoms with van der Waals surface area (Å²) in [6.45, 7) is 0.569. The summed E-state index contributed by atoms with van der Waals surface area (Å²) in [5, 5.41) is 12.4.